The number of benzene rings is 1. The molecule has 2 aromatic rings. The van der Waals surface area contributed by atoms with E-state index in [-0.39, 0.29) is 0 Å². The molecular formula is C14H12ClN4S+. The minimum Gasteiger partial charge on any atom is -0.267 e. The molecule has 1 aromatic heterocycles. The Morgan fingerprint density at radius 1 is 1.55 bits per heavy atom. The smallest absolute Gasteiger partial charge is 0.267 e. The molecular weight excluding hydrogens is 292 g/mol. The monoisotopic (exact) mass is 303 g/mol. The number of nitrogens with zero attached hydrogens (tertiary/aromatic N) is 3. The van der Waals surface area contributed by atoms with Gasteiger partial charge in [0.15, 0.2) is 0 Å². The summed E-state index contributed by atoms with van der Waals surface area (Å²) < 4.78 is 3.81. The first-order chi connectivity index (χ1) is 9.74. The predicted molar refractivity (Wildman–Crippen MR) is 85.6 cm³/mol. The van der Waals surface area contributed by atoms with Gasteiger partial charge in [0.25, 0.3) is 5.67 Å². The van der Waals surface area contributed by atoms with Gasteiger partial charge >= 0.3 is 5.17 Å². The summed E-state index contributed by atoms with van der Waals surface area (Å²) in [4.78, 5) is 4.15. The molecule has 0 atom stereocenters. The Balaban J connectivity index is 2.39. The van der Waals surface area contributed by atoms with Crippen LogP contribution < -0.4 is 10.4 Å². The topological polar surface area (TPSA) is 76.8 Å². The van der Waals surface area contributed by atoms with Crippen LogP contribution in [0.2, 0.25) is 0 Å². The number of fused-ring (bicyclic) bond motifs is 1. The lowest BCUT2D eigenvalue weighted by Crippen LogP contribution is -2.10. The number of nitriles is 1. The number of nitrogens with two attached hydrogens (primary N) is 1. The maximum absolute atomic E-state index is 8.85. The molecule has 0 aliphatic rings. The van der Waals surface area contributed by atoms with Crippen LogP contribution in [0.4, 0.5) is 0 Å². The van der Waals surface area contributed by atoms with Gasteiger partial charge in [-0.1, -0.05) is 6.07 Å². The van der Waals surface area contributed by atoms with Crippen LogP contribution in [-0.2, 0) is 12.2 Å². The molecule has 1 heterocycles. The average Bonchev–Trinajstić information content (AvgIpc) is 2.45. The third-order valence-corrected chi connectivity index (χ3v) is 3.69. The number of halogens is 1. The van der Waals surface area contributed by atoms with Crippen LogP contribution in [0, 0.1) is 11.3 Å². The first-order valence-electron chi connectivity index (χ1n) is 5.85. The Labute approximate surface area is 126 Å². The standard InChI is InChI=1S/C14H11ClN4S/c15-9-19-14(17)20-8-12-6-10(1-3-16)5-11-2-4-18-7-13(11)12/h2,4-7,9,17H,1,8H2/p+1. The first kappa shape index (κ1) is 14.4. The van der Waals surface area contributed by atoms with Crippen molar-refractivity contribution in [3.05, 3.63) is 41.7 Å². The summed E-state index contributed by atoms with van der Waals surface area (Å²) in [5.41, 5.74) is 8.92. The van der Waals surface area contributed by atoms with Crippen LogP contribution in [-0.4, -0.2) is 15.8 Å². The van der Waals surface area contributed by atoms with Gasteiger partial charge in [-0.15, -0.1) is 0 Å². The molecule has 20 heavy (non-hydrogen) atoms. The van der Waals surface area contributed by atoms with E-state index in [1.54, 1.807) is 6.20 Å². The van der Waals surface area contributed by atoms with Crippen LogP contribution in [0.15, 0.2) is 30.6 Å². The summed E-state index contributed by atoms with van der Waals surface area (Å²) in [6.07, 6.45) is 3.95. The van der Waals surface area contributed by atoms with E-state index in [0.717, 1.165) is 27.6 Å². The summed E-state index contributed by atoms with van der Waals surface area (Å²) >= 11 is 6.78. The quantitative estimate of drug-likeness (QED) is 0.535. The normalized spacial score (nSPS) is 9.80. The molecule has 0 aliphatic carbocycles. The van der Waals surface area contributed by atoms with Gasteiger partial charge < -0.3 is 0 Å². The van der Waals surface area contributed by atoms with Crippen molar-refractivity contribution in [1.82, 2.24) is 9.65 Å². The summed E-state index contributed by atoms with van der Waals surface area (Å²) in [6.45, 7) is 0. The second-order valence-electron chi connectivity index (χ2n) is 4.04. The van der Waals surface area contributed by atoms with Crippen LogP contribution in [0.3, 0.4) is 0 Å². The van der Waals surface area contributed by atoms with E-state index < -0.39 is 0 Å². The highest BCUT2D eigenvalue weighted by atomic mass is 35.5. The second kappa shape index (κ2) is 6.97. The minimum absolute atomic E-state index is 0.384. The fourth-order valence-electron chi connectivity index (χ4n) is 1.89. The number of aromatic nitrogens is 1. The third kappa shape index (κ3) is 3.52. The van der Waals surface area contributed by atoms with E-state index in [2.05, 4.69) is 15.7 Å². The van der Waals surface area contributed by atoms with Gasteiger partial charge in [-0.3, -0.25) is 10.7 Å². The highest BCUT2D eigenvalue weighted by Crippen LogP contribution is 2.24. The zero-order valence-electron chi connectivity index (χ0n) is 10.6. The molecule has 0 unspecified atom stereocenters. The maximum Gasteiger partial charge on any atom is 0.403 e. The number of hydrogen-bond donors (Lipinski definition) is 1. The Kier molecular flexibility index (Phi) is 5.03. The first-order valence-corrected chi connectivity index (χ1v) is 7.27. The van der Waals surface area contributed by atoms with Crippen molar-refractivity contribution >= 4 is 45.0 Å². The fraction of sp³-hybridized carbons (Fsp3) is 0.143. The number of rotatable bonds is 3. The average molecular weight is 304 g/mol. The molecule has 6 heteroatoms. The lowest BCUT2D eigenvalue weighted by molar-refractivity contribution is 1.25. The SMILES string of the molecule is N#CCc1cc(CSC(N)=[N+]=CCl)c2cnccc2c1. The predicted octanol–water partition coefficient (Wildman–Crippen LogP) is 2.18. The van der Waals surface area contributed by atoms with Crippen LogP contribution in [0.25, 0.3) is 10.8 Å². The zero-order valence-corrected chi connectivity index (χ0v) is 12.2. The largest absolute Gasteiger partial charge is 0.403 e. The van der Waals surface area contributed by atoms with E-state index in [9.17, 15) is 0 Å². The van der Waals surface area contributed by atoms with Crippen molar-refractivity contribution < 1.29 is 0 Å². The van der Waals surface area contributed by atoms with Gasteiger partial charge in [0.2, 0.25) is 0 Å². The number of pyridine rings is 1. The Hall–Kier alpha value is -1.99. The molecule has 0 fully saturated rings. The highest BCUT2D eigenvalue weighted by Gasteiger charge is 2.08. The molecule has 2 N–H and O–H groups in total. The minimum atomic E-state index is 0.384. The van der Waals surface area contributed by atoms with Gasteiger partial charge in [0, 0.05) is 23.5 Å². The number of hydrogen-bond acceptors (Lipinski definition) is 3. The van der Waals surface area contributed by atoms with E-state index in [1.165, 1.54) is 11.8 Å². The molecule has 2 rings (SSSR count). The van der Waals surface area contributed by atoms with Crippen LogP contribution >= 0.6 is 23.4 Å². The summed E-state index contributed by atoms with van der Waals surface area (Å²) in [5, 5.41) is 11.4. The molecule has 1 aromatic carbocycles. The van der Waals surface area contributed by atoms with Gasteiger partial charge in [-0.2, -0.15) is 9.93 Å². The number of amidine groups is 1. The van der Waals surface area contributed by atoms with Crippen molar-refractivity contribution in [1.29, 1.82) is 5.26 Å². The van der Waals surface area contributed by atoms with E-state index in [1.807, 2.05) is 24.4 Å². The van der Waals surface area contributed by atoms with Crippen molar-refractivity contribution in [3.63, 3.8) is 0 Å². The van der Waals surface area contributed by atoms with Gasteiger partial charge in [0.05, 0.1) is 12.5 Å². The molecule has 100 valence electrons. The molecule has 0 saturated carbocycles. The van der Waals surface area contributed by atoms with Crippen molar-refractivity contribution in [2.45, 2.75) is 12.2 Å². The molecule has 4 nitrogen and oxygen atoms in total. The van der Waals surface area contributed by atoms with Gasteiger partial charge in [-0.25, -0.2) is 0 Å². The Bertz CT molecular complexity index is 730. The van der Waals surface area contributed by atoms with E-state index in [4.69, 9.17) is 22.6 Å². The van der Waals surface area contributed by atoms with E-state index in [0.29, 0.717) is 17.3 Å². The maximum atomic E-state index is 8.85. The van der Waals surface area contributed by atoms with Crippen molar-refractivity contribution in [2.75, 3.05) is 0 Å². The van der Waals surface area contributed by atoms with Crippen LogP contribution in [0.1, 0.15) is 11.1 Å². The summed E-state index contributed by atoms with van der Waals surface area (Å²) in [7, 11) is 0. The fourth-order valence-corrected chi connectivity index (χ4v) is 2.72. The summed E-state index contributed by atoms with van der Waals surface area (Å²) in [6, 6.07) is 8.13. The zero-order chi connectivity index (χ0) is 14.4. The van der Waals surface area contributed by atoms with Crippen molar-refractivity contribution in [2.24, 2.45) is 5.73 Å². The Morgan fingerprint density at radius 2 is 2.40 bits per heavy atom. The lowest BCUT2D eigenvalue weighted by atomic mass is 10.0. The Morgan fingerprint density at radius 3 is 3.15 bits per heavy atom. The lowest BCUT2D eigenvalue weighted by Gasteiger charge is -2.07. The van der Waals surface area contributed by atoms with Crippen LogP contribution in [0.5, 0.6) is 0 Å². The van der Waals surface area contributed by atoms with Crippen molar-refractivity contribution in [3.8, 4) is 6.07 Å². The third-order valence-electron chi connectivity index (χ3n) is 2.74. The molecule has 0 saturated heterocycles. The molecule has 0 spiro atoms. The molecule has 0 bridgehead atoms. The molecule has 0 amide bonds. The van der Waals surface area contributed by atoms with E-state index >= 15 is 0 Å². The molecule has 0 aliphatic heterocycles. The van der Waals surface area contributed by atoms with Gasteiger partial charge in [-0.05, 0) is 52.0 Å². The summed E-state index contributed by atoms with van der Waals surface area (Å²) in [5.74, 6) is 0.654. The number of thioether (sulfide) groups is 1. The highest BCUT2D eigenvalue weighted by molar-refractivity contribution is 8.13. The molecule has 0 radical (unpaired) electrons. The second-order valence-corrected chi connectivity index (χ2v) is 5.23. The van der Waals surface area contributed by atoms with Gasteiger partial charge in [0.1, 0.15) is 0 Å².